The first-order chi connectivity index (χ1) is 9.38. The van der Waals surface area contributed by atoms with Gasteiger partial charge in [-0.25, -0.2) is 9.79 Å². The first kappa shape index (κ1) is 10.8. The molecule has 1 aromatic carbocycles. The summed E-state index contributed by atoms with van der Waals surface area (Å²) in [5.74, 6) is 1.98. The van der Waals surface area contributed by atoms with Gasteiger partial charge in [0.2, 0.25) is 6.08 Å². The second-order valence-electron chi connectivity index (χ2n) is 5.40. The van der Waals surface area contributed by atoms with Crippen LogP contribution in [-0.4, -0.2) is 24.2 Å². The van der Waals surface area contributed by atoms with Crippen LogP contribution >= 0.6 is 0 Å². The van der Waals surface area contributed by atoms with Crippen LogP contribution in [0.4, 0.5) is 5.82 Å². The van der Waals surface area contributed by atoms with E-state index in [9.17, 15) is 4.79 Å². The third kappa shape index (κ3) is 1.47. The Morgan fingerprint density at radius 2 is 2.21 bits per heavy atom. The van der Waals surface area contributed by atoms with Crippen LogP contribution in [0.5, 0.6) is 0 Å². The van der Waals surface area contributed by atoms with E-state index in [2.05, 4.69) is 27.0 Å². The zero-order valence-electron chi connectivity index (χ0n) is 10.6. The lowest BCUT2D eigenvalue weighted by Crippen LogP contribution is -2.38. The normalized spacial score (nSPS) is 17.6. The van der Waals surface area contributed by atoms with Gasteiger partial charge in [-0.3, -0.25) is 0 Å². The fraction of sp³-hybridized carbons (Fsp3) is 0.400. The minimum Gasteiger partial charge on any atom is -0.358 e. The lowest BCUT2D eigenvalue weighted by atomic mass is 9.84. The molecule has 3 aliphatic heterocycles. The Hall–Kier alpha value is -2.06. The van der Waals surface area contributed by atoms with E-state index < -0.39 is 0 Å². The molecular weight excluding hydrogens is 238 g/mol. The van der Waals surface area contributed by atoms with Crippen LogP contribution in [0.3, 0.4) is 0 Å². The summed E-state index contributed by atoms with van der Waals surface area (Å²) in [6.07, 6.45) is 4.14. The fourth-order valence-corrected chi connectivity index (χ4v) is 3.59. The van der Waals surface area contributed by atoms with E-state index in [1.807, 2.05) is 6.07 Å². The van der Waals surface area contributed by atoms with Crippen molar-refractivity contribution in [1.29, 1.82) is 0 Å². The van der Waals surface area contributed by atoms with Crippen molar-refractivity contribution in [3.8, 4) is 0 Å². The number of nitrogens with one attached hydrogen (secondary N) is 1. The standard InChI is InChI=1S/C15H15N3O/c19-9-16-8-11-2-1-3-12-13-10-4-6-18(7-5-10)15(13)17-14(11)12/h1-3,10,17H,4-8H2. The van der Waals surface area contributed by atoms with Crippen molar-refractivity contribution in [2.45, 2.75) is 25.3 Å². The van der Waals surface area contributed by atoms with E-state index in [0.717, 1.165) is 24.2 Å². The van der Waals surface area contributed by atoms with Crippen molar-refractivity contribution >= 4 is 22.8 Å². The Morgan fingerprint density at radius 3 is 3.00 bits per heavy atom. The Labute approximate surface area is 111 Å². The number of carbonyl (C=O) groups excluding carboxylic acids is 1. The molecular formula is C15H15N3O. The predicted octanol–water partition coefficient (Wildman–Crippen LogP) is 2.70. The van der Waals surface area contributed by atoms with Gasteiger partial charge >= 0.3 is 0 Å². The van der Waals surface area contributed by atoms with Gasteiger partial charge in [0, 0.05) is 24.0 Å². The van der Waals surface area contributed by atoms with Crippen LogP contribution in [0.1, 0.15) is 29.9 Å². The number of isocyanates is 1. The molecule has 3 aliphatic rings. The molecule has 1 saturated heterocycles. The van der Waals surface area contributed by atoms with Gasteiger partial charge in [0.1, 0.15) is 5.82 Å². The van der Waals surface area contributed by atoms with E-state index in [1.165, 1.54) is 29.6 Å². The zero-order valence-corrected chi connectivity index (χ0v) is 10.6. The predicted molar refractivity (Wildman–Crippen MR) is 74.3 cm³/mol. The number of piperidine rings is 1. The van der Waals surface area contributed by atoms with Crippen molar-refractivity contribution in [1.82, 2.24) is 4.98 Å². The number of nitrogens with zero attached hydrogens (tertiary/aromatic N) is 2. The molecule has 0 spiro atoms. The van der Waals surface area contributed by atoms with E-state index in [1.54, 1.807) is 6.08 Å². The molecule has 0 radical (unpaired) electrons. The molecule has 0 amide bonds. The van der Waals surface area contributed by atoms with Gasteiger partial charge in [0.05, 0.1) is 12.1 Å². The third-order valence-corrected chi connectivity index (χ3v) is 4.47. The average molecular weight is 253 g/mol. The molecule has 2 bridgehead atoms. The van der Waals surface area contributed by atoms with Gasteiger partial charge in [-0.15, -0.1) is 0 Å². The van der Waals surface area contributed by atoms with Crippen LogP contribution < -0.4 is 4.90 Å². The van der Waals surface area contributed by atoms with Gasteiger partial charge in [0.25, 0.3) is 0 Å². The summed E-state index contributed by atoms with van der Waals surface area (Å²) in [5.41, 5.74) is 3.70. The van der Waals surface area contributed by atoms with Gasteiger partial charge in [0.15, 0.2) is 0 Å². The number of aliphatic imine (C=N–C) groups is 1. The monoisotopic (exact) mass is 253 g/mol. The molecule has 1 N–H and O–H groups in total. The van der Waals surface area contributed by atoms with Crippen molar-refractivity contribution in [2.24, 2.45) is 4.99 Å². The quantitative estimate of drug-likeness (QED) is 0.660. The molecule has 4 heterocycles. The first-order valence-corrected chi connectivity index (χ1v) is 6.80. The summed E-state index contributed by atoms with van der Waals surface area (Å²) < 4.78 is 0. The molecule has 19 heavy (non-hydrogen) atoms. The highest BCUT2D eigenvalue weighted by Gasteiger charge is 2.34. The fourth-order valence-electron chi connectivity index (χ4n) is 3.59. The summed E-state index contributed by atoms with van der Waals surface area (Å²) >= 11 is 0. The lowest BCUT2D eigenvalue weighted by molar-refractivity contribution is 0.475. The number of hydrogen-bond acceptors (Lipinski definition) is 3. The number of hydrogen-bond donors (Lipinski definition) is 1. The number of fused-ring (bicyclic) bond motifs is 3. The van der Waals surface area contributed by atoms with Crippen molar-refractivity contribution in [2.75, 3.05) is 18.0 Å². The van der Waals surface area contributed by atoms with Crippen LogP contribution in [0.25, 0.3) is 10.9 Å². The second-order valence-corrected chi connectivity index (χ2v) is 5.40. The summed E-state index contributed by atoms with van der Waals surface area (Å²) in [6, 6.07) is 6.27. The maximum atomic E-state index is 10.3. The summed E-state index contributed by atoms with van der Waals surface area (Å²) in [6.45, 7) is 2.73. The largest absolute Gasteiger partial charge is 0.358 e. The second kappa shape index (κ2) is 3.97. The third-order valence-electron chi connectivity index (χ3n) is 4.47. The number of aromatic amines is 1. The Balaban J connectivity index is 1.95. The molecule has 0 unspecified atom stereocenters. The van der Waals surface area contributed by atoms with Crippen LogP contribution in [-0.2, 0) is 11.3 Å². The highest BCUT2D eigenvalue weighted by atomic mass is 16.1. The number of aromatic nitrogens is 1. The molecule has 0 saturated carbocycles. The van der Waals surface area contributed by atoms with E-state index in [0.29, 0.717) is 12.5 Å². The molecule has 5 rings (SSSR count). The topological polar surface area (TPSA) is 48.5 Å². The van der Waals surface area contributed by atoms with Crippen LogP contribution in [0.15, 0.2) is 23.2 Å². The van der Waals surface area contributed by atoms with Crippen LogP contribution in [0, 0.1) is 0 Å². The Morgan fingerprint density at radius 1 is 1.37 bits per heavy atom. The van der Waals surface area contributed by atoms with Crippen molar-refractivity contribution in [3.05, 3.63) is 29.3 Å². The maximum absolute atomic E-state index is 10.3. The molecule has 1 fully saturated rings. The number of benzene rings is 1. The number of H-pyrrole nitrogens is 1. The molecule has 0 atom stereocenters. The highest BCUT2D eigenvalue weighted by Crippen LogP contribution is 2.46. The smallest absolute Gasteiger partial charge is 0.235 e. The Kier molecular flexibility index (Phi) is 2.26. The maximum Gasteiger partial charge on any atom is 0.235 e. The van der Waals surface area contributed by atoms with Crippen molar-refractivity contribution in [3.63, 3.8) is 0 Å². The van der Waals surface area contributed by atoms with Gasteiger partial charge in [-0.2, -0.15) is 0 Å². The molecule has 1 aromatic heterocycles. The average Bonchev–Trinajstić information content (AvgIpc) is 2.88. The molecule has 2 aromatic rings. The minimum absolute atomic E-state index is 0.408. The number of rotatable bonds is 2. The van der Waals surface area contributed by atoms with Gasteiger partial charge < -0.3 is 9.88 Å². The van der Waals surface area contributed by atoms with E-state index in [4.69, 9.17) is 0 Å². The minimum atomic E-state index is 0.408. The molecule has 96 valence electrons. The SMILES string of the molecule is O=C=NCc1cccc2c3c([nH]c12)N1CCC3CC1. The highest BCUT2D eigenvalue weighted by molar-refractivity contribution is 5.92. The zero-order chi connectivity index (χ0) is 12.8. The summed E-state index contributed by atoms with van der Waals surface area (Å²) in [5, 5.41) is 1.31. The van der Waals surface area contributed by atoms with E-state index in [-0.39, 0.29) is 0 Å². The number of anilines is 1. The van der Waals surface area contributed by atoms with Gasteiger partial charge in [-0.05, 0) is 24.3 Å². The first-order valence-electron chi connectivity index (χ1n) is 6.80. The number of para-hydroxylation sites is 1. The van der Waals surface area contributed by atoms with Gasteiger partial charge in [-0.1, -0.05) is 18.2 Å². The lowest BCUT2D eigenvalue weighted by Gasteiger charge is -2.40. The van der Waals surface area contributed by atoms with Crippen LogP contribution in [0.2, 0.25) is 0 Å². The summed E-state index contributed by atoms with van der Waals surface area (Å²) in [4.78, 5) is 20.0. The molecule has 0 aliphatic carbocycles. The summed E-state index contributed by atoms with van der Waals surface area (Å²) in [7, 11) is 0. The molecule has 4 nitrogen and oxygen atoms in total. The Bertz CT molecular complexity index is 689. The van der Waals surface area contributed by atoms with Crippen molar-refractivity contribution < 1.29 is 4.79 Å². The van der Waals surface area contributed by atoms with E-state index >= 15 is 0 Å². The molecule has 4 heteroatoms.